The molecule has 1 unspecified atom stereocenters. The average molecular weight is 385 g/mol. The van der Waals surface area contributed by atoms with Crippen molar-refractivity contribution in [1.82, 2.24) is 24.8 Å². The van der Waals surface area contributed by atoms with Crippen molar-refractivity contribution in [2.45, 2.75) is 39.3 Å². The van der Waals surface area contributed by atoms with Crippen molar-refractivity contribution in [3.8, 4) is 29.2 Å². The summed E-state index contributed by atoms with van der Waals surface area (Å²) in [6, 6.07) is 1.76. The van der Waals surface area contributed by atoms with E-state index in [2.05, 4.69) is 32.1 Å². The molecule has 0 fully saturated rings. The Morgan fingerprint density at radius 2 is 2.11 bits per heavy atom. The van der Waals surface area contributed by atoms with E-state index in [0.29, 0.717) is 54.7 Å². The van der Waals surface area contributed by atoms with Gasteiger partial charge in [-0.25, -0.2) is 14.6 Å². The largest absolute Gasteiger partial charge is 0.476 e. The van der Waals surface area contributed by atoms with Gasteiger partial charge in [-0.3, -0.25) is 0 Å². The maximum absolute atomic E-state index is 10.2. The normalized spacial score (nSPS) is 13.2. The van der Waals surface area contributed by atoms with E-state index in [9.17, 15) is 5.11 Å². The average Bonchev–Trinajstić information content (AvgIpc) is 3.27. The summed E-state index contributed by atoms with van der Waals surface area (Å²) in [5.41, 5.74) is 12.2. The van der Waals surface area contributed by atoms with Gasteiger partial charge in [0, 0.05) is 19.2 Å². The number of nitrogens with two attached hydrogens (primary N) is 2. The van der Waals surface area contributed by atoms with Gasteiger partial charge in [0.15, 0.2) is 17.3 Å². The molecule has 0 saturated heterocycles. The number of aromatic nitrogens is 5. The van der Waals surface area contributed by atoms with Crippen LogP contribution < -0.4 is 16.2 Å². The summed E-state index contributed by atoms with van der Waals surface area (Å²) in [7, 11) is 0. The molecule has 0 aliphatic heterocycles. The molecule has 3 rings (SSSR count). The number of imidazole rings is 1. The molecule has 3 aromatic rings. The zero-order valence-corrected chi connectivity index (χ0v) is 16.1. The summed E-state index contributed by atoms with van der Waals surface area (Å²) in [5.74, 6) is 6.76. The second-order valence-corrected chi connectivity index (χ2v) is 6.37. The number of ether oxygens (including phenoxy) is 1. The number of hydrogen-bond acceptors (Lipinski definition) is 9. The number of rotatable bonds is 6. The second kappa shape index (κ2) is 7.84. The number of aliphatic hydroxyl groups is 1. The van der Waals surface area contributed by atoms with Gasteiger partial charge in [-0.15, -0.1) is 0 Å². The molecular weight excluding hydrogens is 362 g/mol. The first-order valence-corrected chi connectivity index (χ1v) is 8.98. The van der Waals surface area contributed by atoms with Gasteiger partial charge in [-0.2, -0.15) is 0 Å². The van der Waals surface area contributed by atoms with E-state index in [-0.39, 0.29) is 5.82 Å². The highest BCUT2D eigenvalue weighted by molar-refractivity contribution is 5.86. The lowest BCUT2D eigenvalue weighted by Gasteiger charge is -2.12. The summed E-state index contributed by atoms with van der Waals surface area (Å²) in [6.07, 6.45) is 0.475. The minimum atomic E-state index is -1.14. The molecule has 0 aromatic carbocycles. The van der Waals surface area contributed by atoms with Gasteiger partial charge in [-0.1, -0.05) is 12.8 Å². The van der Waals surface area contributed by atoms with Gasteiger partial charge in [0.25, 0.3) is 0 Å². The summed E-state index contributed by atoms with van der Waals surface area (Å²) in [6.45, 7) is 6.70. The third-order valence-corrected chi connectivity index (χ3v) is 4.26. The van der Waals surface area contributed by atoms with Crippen LogP contribution in [0.1, 0.15) is 32.9 Å². The maximum Gasteiger partial charge on any atom is 0.216 e. The minimum absolute atomic E-state index is 0.138. The van der Waals surface area contributed by atoms with E-state index >= 15 is 0 Å². The molecule has 5 N–H and O–H groups in total. The molecule has 0 bridgehead atoms. The Bertz CT molecular complexity index is 1040. The molecule has 10 heteroatoms. The summed E-state index contributed by atoms with van der Waals surface area (Å²) >= 11 is 0. The van der Waals surface area contributed by atoms with Crippen LogP contribution in [0.4, 0.5) is 5.82 Å². The number of nitrogen functional groups attached to an aromatic ring is 1. The third-order valence-electron chi connectivity index (χ3n) is 4.26. The molecule has 0 aliphatic rings. The van der Waals surface area contributed by atoms with Gasteiger partial charge < -0.3 is 25.9 Å². The lowest BCUT2D eigenvalue weighted by atomic mass is 10.0. The molecule has 0 spiro atoms. The van der Waals surface area contributed by atoms with Crippen LogP contribution >= 0.6 is 0 Å². The topological polar surface area (TPSA) is 151 Å². The van der Waals surface area contributed by atoms with Gasteiger partial charge >= 0.3 is 0 Å². The van der Waals surface area contributed by atoms with Crippen molar-refractivity contribution < 1.29 is 14.5 Å². The third kappa shape index (κ3) is 3.76. The smallest absolute Gasteiger partial charge is 0.216 e. The zero-order valence-electron chi connectivity index (χ0n) is 16.1. The maximum atomic E-state index is 10.2. The molecule has 0 aliphatic carbocycles. The van der Waals surface area contributed by atoms with E-state index in [0.717, 1.165) is 5.52 Å². The highest BCUT2D eigenvalue weighted by atomic mass is 16.6. The lowest BCUT2D eigenvalue weighted by molar-refractivity contribution is 0.118. The first-order valence-electron chi connectivity index (χ1n) is 8.98. The minimum Gasteiger partial charge on any atom is -0.476 e. The van der Waals surface area contributed by atoms with Crippen molar-refractivity contribution in [1.29, 1.82) is 0 Å². The van der Waals surface area contributed by atoms with Crippen molar-refractivity contribution in [3.63, 3.8) is 0 Å². The van der Waals surface area contributed by atoms with Crippen LogP contribution in [0.25, 0.3) is 22.6 Å². The van der Waals surface area contributed by atoms with E-state index in [1.165, 1.54) is 0 Å². The van der Waals surface area contributed by atoms with Gasteiger partial charge in [0.2, 0.25) is 5.88 Å². The first-order chi connectivity index (χ1) is 13.4. The fourth-order valence-corrected chi connectivity index (χ4v) is 2.56. The van der Waals surface area contributed by atoms with Crippen LogP contribution in [0.3, 0.4) is 0 Å². The number of pyridine rings is 1. The highest BCUT2D eigenvalue weighted by Crippen LogP contribution is 2.29. The molecule has 3 aromatic heterocycles. The zero-order chi connectivity index (χ0) is 20.3. The van der Waals surface area contributed by atoms with E-state index in [1.54, 1.807) is 13.0 Å². The van der Waals surface area contributed by atoms with Gasteiger partial charge in [0.05, 0.1) is 5.52 Å². The molecule has 0 radical (unpaired) electrons. The van der Waals surface area contributed by atoms with Crippen molar-refractivity contribution in [2.24, 2.45) is 5.73 Å². The molecule has 1 atom stereocenters. The van der Waals surface area contributed by atoms with Crippen molar-refractivity contribution >= 4 is 16.9 Å². The number of hydrogen-bond donors (Lipinski definition) is 3. The SMILES string of the molecule is CCn1c(-c2nonc2N)nc2c(C#CC(C)(O)CC)nc(OCCN)cc21. The Balaban J connectivity index is 2.25. The van der Waals surface area contributed by atoms with Crippen LogP contribution in [-0.4, -0.2) is 48.7 Å². The predicted molar refractivity (Wildman–Crippen MR) is 103 cm³/mol. The van der Waals surface area contributed by atoms with Crippen LogP contribution in [0, 0.1) is 11.8 Å². The van der Waals surface area contributed by atoms with Crippen LogP contribution in [-0.2, 0) is 6.54 Å². The van der Waals surface area contributed by atoms with Gasteiger partial charge in [-0.05, 0) is 36.5 Å². The molecule has 0 amide bonds. The highest BCUT2D eigenvalue weighted by Gasteiger charge is 2.22. The first kappa shape index (κ1) is 19.6. The number of aryl methyl sites for hydroxylation is 1. The molecule has 0 saturated carbocycles. The predicted octanol–water partition coefficient (Wildman–Crippen LogP) is 0.933. The van der Waals surface area contributed by atoms with E-state index in [1.807, 2.05) is 18.4 Å². The molecule has 10 nitrogen and oxygen atoms in total. The standard InChI is InChI=1S/C18H23N7O3/c1-4-18(3,26)7-6-11-14-12(10-13(21-11)27-9-8-19)25(5-2)17(22-14)15-16(20)24-28-23-15/h10,26H,4-5,8-9,19H2,1-3H3,(H2,20,24). The van der Waals surface area contributed by atoms with Crippen LogP contribution in [0.5, 0.6) is 5.88 Å². The number of anilines is 1. The fraction of sp³-hybridized carbons (Fsp3) is 0.444. The summed E-state index contributed by atoms with van der Waals surface area (Å²) < 4.78 is 12.2. The van der Waals surface area contributed by atoms with Crippen LogP contribution in [0.15, 0.2) is 10.7 Å². The number of nitrogens with zero attached hydrogens (tertiary/aromatic N) is 5. The molecule has 148 valence electrons. The van der Waals surface area contributed by atoms with E-state index in [4.69, 9.17) is 20.8 Å². The molecular formula is C18H23N7O3. The number of fused-ring (bicyclic) bond motifs is 1. The quantitative estimate of drug-likeness (QED) is 0.526. The Morgan fingerprint density at radius 1 is 1.32 bits per heavy atom. The van der Waals surface area contributed by atoms with Crippen molar-refractivity contribution in [3.05, 3.63) is 11.8 Å². The monoisotopic (exact) mass is 385 g/mol. The summed E-state index contributed by atoms with van der Waals surface area (Å²) in [4.78, 5) is 9.07. The Kier molecular flexibility index (Phi) is 5.48. The van der Waals surface area contributed by atoms with Gasteiger partial charge in [0.1, 0.15) is 23.4 Å². The Morgan fingerprint density at radius 3 is 2.71 bits per heavy atom. The second-order valence-electron chi connectivity index (χ2n) is 6.37. The molecule has 3 heterocycles. The van der Waals surface area contributed by atoms with Crippen LogP contribution in [0.2, 0.25) is 0 Å². The Labute approximate surface area is 161 Å². The fourth-order valence-electron chi connectivity index (χ4n) is 2.56. The van der Waals surface area contributed by atoms with Crippen molar-refractivity contribution in [2.75, 3.05) is 18.9 Å². The summed E-state index contributed by atoms with van der Waals surface area (Å²) in [5, 5.41) is 17.7. The molecule has 28 heavy (non-hydrogen) atoms. The van der Waals surface area contributed by atoms with E-state index < -0.39 is 5.60 Å². The Hall–Kier alpha value is -3.16. The lowest BCUT2D eigenvalue weighted by Crippen LogP contribution is -2.19.